The van der Waals surface area contributed by atoms with Crippen molar-refractivity contribution in [2.45, 2.75) is 450 Å². The topological polar surface area (TPSA) is 103 Å². The van der Waals surface area contributed by atoms with E-state index >= 15 is 0 Å². The molecular weight excluding hydrogens is 1600 g/mol. The minimum atomic E-state index is -2.82. The zero-order valence-corrected chi connectivity index (χ0v) is 97.3. The van der Waals surface area contributed by atoms with Crippen LogP contribution in [0.5, 0.6) is 0 Å². The largest absolute Gasteiger partial charge is 0.381 e. The van der Waals surface area contributed by atoms with Crippen molar-refractivity contribution in [1.29, 1.82) is 0 Å². The Morgan fingerprint density at radius 2 is 0.621 bits per heavy atom. The Labute approximate surface area is 791 Å². The fourth-order valence-corrected chi connectivity index (χ4v) is 34.8. The van der Waals surface area contributed by atoms with Gasteiger partial charge in [0.05, 0.1) is 31.3 Å². The lowest BCUT2D eigenvalue weighted by atomic mass is 9.50. The van der Waals surface area contributed by atoms with Crippen LogP contribution in [-0.4, -0.2) is 137 Å². The van der Waals surface area contributed by atoms with Crippen LogP contribution in [0.3, 0.4) is 0 Å². The zero-order valence-electron chi connectivity index (χ0n) is 94.0. The lowest BCUT2D eigenvalue weighted by Gasteiger charge is -2.57. The highest BCUT2D eigenvalue weighted by Crippen LogP contribution is 2.65. The van der Waals surface area contributed by atoms with E-state index in [0.717, 1.165) is 45.3 Å². The molecule has 9 saturated heterocycles. The summed E-state index contributed by atoms with van der Waals surface area (Å²) in [5, 5.41) is 2.98. The average Bonchev–Trinajstić information content (AvgIpc) is 1.68. The van der Waals surface area contributed by atoms with Crippen LogP contribution in [0, 0.1) is 141 Å². The first-order valence-corrected chi connectivity index (χ1v) is 55.2. The van der Waals surface area contributed by atoms with E-state index in [-0.39, 0.29) is 49.2 Å². The van der Waals surface area contributed by atoms with E-state index in [1.54, 1.807) is 0 Å². The summed E-state index contributed by atoms with van der Waals surface area (Å²) < 4.78 is 46.2. The van der Waals surface area contributed by atoms with Gasteiger partial charge in [-0.1, -0.05) is 367 Å². The summed E-state index contributed by atoms with van der Waals surface area (Å²) in [5.41, 5.74) is 7.87. The smallest absolute Gasteiger partial charge is 0.220 e. The molecule has 0 aromatic heterocycles. The molecule has 1 amide bonds. The van der Waals surface area contributed by atoms with Gasteiger partial charge in [-0.05, 0) is 245 Å². The third-order valence-corrected chi connectivity index (χ3v) is 40.8. The van der Waals surface area contributed by atoms with Crippen LogP contribution in [-0.2, 0) is 33.6 Å². The maximum atomic E-state index is 11.7. The Balaban J connectivity index is 0.000000698. The molecule has 9 heterocycles. The van der Waals surface area contributed by atoms with Gasteiger partial charge in [-0.3, -0.25) is 4.79 Å². The van der Waals surface area contributed by atoms with E-state index in [2.05, 4.69) is 420 Å². The molecule has 124 heavy (non-hydrogen) atoms. The number of thioether (sulfide) groups is 3. The van der Waals surface area contributed by atoms with Crippen LogP contribution >= 0.6 is 35.3 Å². The van der Waals surface area contributed by atoms with E-state index in [1.165, 1.54) is 112 Å². The molecule has 1 N–H and O–H groups in total. The number of piperidine rings is 1. The molecule has 0 saturated carbocycles. The first kappa shape index (κ1) is 122. The number of ether oxygens (including phenoxy) is 4. The second-order valence-corrected chi connectivity index (χ2v) is 64.2. The first-order valence-electron chi connectivity index (χ1n) is 49.9. The second kappa shape index (κ2) is 42.5. The molecule has 0 aromatic rings. The number of amides is 1. The number of nitrogens with zero attached hydrogens (tertiary/aromatic N) is 1. The molecule has 0 aromatic carbocycles. The number of hydrogen-bond acceptors (Lipinski definition) is 11. The molecular formula is C111H222N2O7S4. The zero-order chi connectivity index (χ0) is 98.4. The summed E-state index contributed by atoms with van der Waals surface area (Å²) in [6, 6.07) is 0. The Bertz CT molecular complexity index is 2970. The normalized spacial score (nSPS) is 24.5. The molecule has 742 valence electrons. The van der Waals surface area contributed by atoms with Crippen molar-refractivity contribution in [3.63, 3.8) is 0 Å². The van der Waals surface area contributed by atoms with Crippen LogP contribution in [0.4, 0.5) is 0 Å². The highest BCUT2D eigenvalue weighted by molar-refractivity contribution is 7.99. The Morgan fingerprint density at radius 1 is 0.323 bits per heavy atom. The monoisotopic (exact) mass is 1820 g/mol. The number of nitrogens with one attached hydrogen (secondary N) is 1. The van der Waals surface area contributed by atoms with E-state index in [0.29, 0.717) is 123 Å². The summed E-state index contributed by atoms with van der Waals surface area (Å²) in [4.78, 5) is 13.9. The molecule has 0 spiro atoms. The number of carbonyl (C=O) groups excluding carboxylic acids is 1. The number of carbonyl (C=O) groups is 1. The van der Waals surface area contributed by atoms with Crippen molar-refractivity contribution in [1.82, 2.24) is 10.2 Å². The lowest BCUT2D eigenvalue weighted by Crippen LogP contribution is -2.54. The summed E-state index contributed by atoms with van der Waals surface area (Å²) >= 11 is 6.42. The van der Waals surface area contributed by atoms with Crippen LogP contribution in [0.1, 0.15) is 444 Å². The minimum absolute atomic E-state index is 0.0156. The number of likely N-dealkylation sites (tertiary alicyclic amines) is 1. The molecule has 0 radical (unpaired) electrons. The van der Waals surface area contributed by atoms with Gasteiger partial charge in [0, 0.05) is 54.4 Å². The van der Waals surface area contributed by atoms with Gasteiger partial charge < -0.3 is 29.2 Å². The van der Waals surface area contributed by atoms with Gasteiger partial charge in [0.15, 0.2) is 15.6 Å². The third kappa shape index (κ3) is 28.3. The Hall–Kier alpha value is 0.270. The van der Waals surface area contributed by atoms with Crippen molar-refractivity contribution in [3.05, 3.63) is 0 Å². The van der Waals surface area contributed by atoms with Crippen molar-refractivity contribution in [3.8, 4) is 0 Å². The van der Waals surface area contributed by atoms with Crippen LogP contribution in [0.15, 0.2) is 0 Å². The van der Waals surface area contributed by atoms with Crippen LogP contribution in [0.2, 0.25) is 0 Å². The van der Waals surface area contributed by atoms with Gasteiger partial charge in [-0.25, -0.2) is 8.42 Å². The Kier molecular flexibility index (Phi) is 41.9. The predicted octanol–water partition coefficient (Wildman–Crippen LogP) is 32.4. The quantitative estimate of drug-likeness (QED) is 0.271. The summed E-state index contributed by atoms with van der Waals surface area (Å²) in [6.45, 7) is 132. The molecule has 0 bridgehead atoms. The lowest BCUT2D eigenvalue weighted by molar-refractivity contribution is -0.279. The standard InChI is InChI=1S/C14H29N.C13H26O.2C13H26S.C12H23NO.C12H24O2S.C12H24S.C11H22O2.C11H22O/c1-12(2,3)14(13(4,5)6)8-10-15(7)11-9-14;2*1-11(2,3)13(12(4,5)6)7-9-14-10-8-13;1-11(2,3)13(12(4,5)6)8-7-9-14-10-13;1-10(2,3)12(11(4,5)6)7-9(14)13-8-12;1-10(2,3)12(11(4,5)6)7-8-15(13,14)9-12;1-10(2,3)12(11(4,5)6)7-8-13-9-12;1-9(2,3)11(10(4,5)6)12-7-8-13-11;1-9(2)11(10(3,4)5)6-7-12-8-11/h8-11H2,1-7H3;3*7-10H2,1-6H3;7-8H2,1-6H3,(H,13,14);7-9H2,1-6H3;7-9H2,1-6H3;7-8H2,1-6H3;9H,6-8H2,1-5H3/t;;;;;;;;11-/m........1/s1. The minimum Gasteiger partial charge on any atom is -0.381 e. The van der Waals surface area contributed by atoms with E-state index in [4.69, 9.17) is 18.9 Å². The Morgan fingerprint density at radius 3 is 0.806 bits per heavy atom. The van der Waals surface area contributed by atoms with Crippen molar-refractivity contribution < 1.29 is 32.2 Å². The van der Waals surface area contributed by atoms with Gasteiger partial charge >= 0.3 is 0 Å². The average molecular weight is 1830 g/mol. The molecule has 0 aliphatic carbocycles. The van der Waals surface area contributed by atoms with Gasteiger partial charge in [-0.2, -0.15) is 35.3 Å². The number of hydrogen-bond donors (Lipinski definition) is 1. The van der Waals surface area contributed by atoms with Gasteiger partial charge in [-0.15, -0.1) is 0 Å². The molecule has 9 aliphatic rings. The van der Waals surface area contributed by atoms with E-state index in [9.17, 15) is 13.2 Å². The molecule has 0 unspecified atom stereocenters. The van der Waals surface area contributed by atoms with Crippen molar-refractivity contribution >= 4 is 51.0 Å². The van der Waals surface area contributed by atoms with Crippen LogP contribution in [0.25, 0.3) is 0 Å². The molecule has 9 fully saturated rings. The molecule has 9 nitrogen and oxygen atoms in total. The van der Waals surface area contributed by atoms with Crippen molar-refractivity contribution in [2.75, 3.05) is 112 Å². The molecule has 9 rings (SSSR count). The maximum Gasteiger partial charge on any atom is 0.220 e. The van der Waals surface area contributed by atoms with Gasteiger partial charge in [0.25, 0.3) is 0 Å². The molecule has 1 atom stereocenters. The first-order chi connectivity index (χ1) is 54.6. The number of rotatable bonds is 1. The van der Waals surface area contributed by atoms with Crippen LogP contribution < -0.4 is 5.32 Å². The van der Waals surface area contributed by atoms with Gasteiger partial charge in [0.2, 0.25) is 5.91 Å². The summed E-state index contributed by atoms with van der Waals surface area (Å²) in [6.07, 6.45) is 14.8. The fourth-order valence-electron chi connectivity index (χ4n) is 27.2. The highest BCUT2D eigenvalue weighted by Gasteiger charge is 2.61. The maximum absolute atomic E-state index is 11.7. The van der Waals surface area contributed by atoms with E-state index < -0.39 is 15.6 Å². The third-order valence-electron chi connectivity index (χ3n) is 35.6. The number of sulfone groups is 1. The highest BCUT2D eigenvalue weighted by atomic mass is 32.2. The van der Waals surface area contributed by atoms with Crippen molar-refractivity contribution in [2.24, 2.45) is 141 Å². The fraction of sp³-hybridized carbons (Fsp3) is 0.991. The summed E-state index contributed by atoms with van der Waals surface area (Å²) in [5.74, 6) is 9.34. The van der Waals surface area contributed by atoms with Gasteiger partial charge in [0.1, 0.15) is 0 Å². The second-order valence-electron chi connectivity index (χ2n) is 58.5. The SMILES string of the molecule is CC(C)(C)C1(C(C)(C)C)CCCSC1.CC(C)(C)C1(C(C)(C)C)CCOCC1.CC(C)(C)C1(C(C)(C)C)CCS(=O)(=O)C1.CC(C)(C)C1(C(C)(C)C)CCSC1.CC(C)(C)C1(C(C)(C)C)CCSCC1.CC(C)(C)C1(C(C)(C)C)CNC(=O)C1.CC(C)(C)C1(C(C)(C)C)OCCO1.CC(C)[C@@]1(C(C)(C)C)CCOC1.CN1CCC(C(C)(C)C)(C(C)(C)C)CC1. The van der Waals surface area contributed by atoms with E-state index in [1.807, 2.05) is 0 Å². The summed E-state index contributed by atoms with van der Waals surface area (Å²) in [7, 11) is -0.575. The molecule has 13 heteroatoms. The predicted molar refractivity (Wildman–Crippen MR) is 558 cm³/mol. The molecule has 9 aliphatic heterocycles.